The van der Waals surface area contributed by atoms with Gasteiger partial charge in [0.1, 0.15) is 0 Å². The first kappa shape index (κ1) is 39.1. The van der Waals surface area contributed by atoms with Crippen LogP contribution in [0.1, 0.15) is 17.1 Å². The molecule has 0 amide bonds. The van der Waals surface area contributed by atoms with Crippen LogP contribution in [0.2, 0.25) is 0 Å². The predicted octanol–water partition coefficient (Wildman–Crippen LogP) is 3.59. The second kappa shape index (κ2) is 16.1. The Morgan fingerprint density at radius 3 is 0.952 bits per heavy atom. The van der Waals surface area contributed by atoms with Crippen LogP contribution in [0.15, 0.2) is 54.6 Å². The third-order valence-corrected chi connectivity index (χ3v) is 5.18. The summed E-state index contributed by atoms with van der Waals surface area (Å²) in [6.07, 6.45) is 0. The van der Waals surface area contributed by atoms with E-state index < -0.39 is 49.1 Å². The smallest absolute Gasteiger partial charge is 0.741 e. The minimum absolute atomic E-state index is 0. The van der Waals surface area contributed by atoms with Gasteiger partial charge in [-0.25, -0.2) is 31.8 Å². The fourth-order valence-corrected chi connectivity index (χ4v) is 2.47. The van der Waals surface area contributed by atoms with Crippen LogP contribution in [0.4, 0.5) is 39.5 Å². The molecule has 3 aromatic rings. The molecular formula is C20H15F9FeN4O6S2. The van der Waals surface area contributed by atoms with E-state index in [9.17, 15) is 39.5 Å². The maximum atomic E-state index is 13.3. The molecule has 0 atom stereocenters. The Kier molecular flexibility index (Phi) is 15.0. The zero-order chi connectivity index (χ0) is 31.6. The second-order valence-electron chi connectivity index (χ2n) is 7.30. The van der Waals surface area contributed by atoms with Crippen molar-refractivity contribution in [3.05, 3.63) is 89.5 Å². The molecule has 0 N–H and O–H groups in total. The normalized spacial score (nSPS) is 11.9. The Morgan fingerprint density at radius 1 is 0.571 bits per heavy atom. The molecule has 3 aromatic heterocycles. The van der Waals surface area contributed by atoms with Crippen LogP contribution in [0.3, 0.4) is 0 Å². The number of halogens is 9. The second-order valence-corrected chi connectivity index (χ2v) is 10.0. The Morgan fingerprint density at radius 2 is 0.786 bits per heavy atom. The van der Waals surface area contributed by atoms with Gasteiger partial charge in [-0.1, -0.05) is 18.2 Å². The van der Waals surface area contributed by atoms with Gasteiger partial charge >= 0.3 is 28.1 Å². The van der Waals surface area contributed by atoms with Gasteiger partial charge in [0.25, 0.3) is 0 Å². The number of hydrogen-bond acceptors (Lipinski definition) is 10. The molecule has 0 fully saturated rings. The van der Waals surface area contributed by atoms with Crippen molar-refractivity contribution < 1.29 is 82.5 Å². The molecule has 0 radical (unpaired) electrons. The summed E-state index contributed by atoms with van der Waals surface area (Å²) in [5.74, 6) is -1.74. The predicted molar refractivity (Wildman–Crippen MR) is 117 cm³/mol. The number of hydrogen-bond donors (Lipinski definition) is 0. The van der Waals surface area contributed by atoms with E-state index in [0.717, 1.165) is 0 Å². The molecule has 22 heteroatoms. The maximum absolute atomic E-state index is 13.3. The molecule has 0 aliphatic carbocycles. The number of alkyl halides is 6. The summed E-state index contributed by atoms with van der Waals surface area (Å²) in [6.45, 7) is 0.858. The standard InChI is InChI=1S/C18H15F3N4.2CHF3O3S.Fe/c19-16-7-1-4-13(22-16)10-25(11-14-5-2-8-17(20)23-14)12-15-6-3-9-18(21)24-15;2*2-1(3,4)8(5,6)7;/h1-9H,10-12H2;2*(H,5,6,7);/q;;;+2/p-2. The number of rotatable bonds is 6. The largest absolute Gasteiger partial charge is 2.00 e. The van der Waals surface area contributed by atoms with Crippen molar-refractivity contribution in [1.82, 2.24) is 19.9 Å². The molecule has 42 heavy (non-hydrogen) atoms. The molecular weight excluding hydrogens is 683 g/mol. The molecule has 0 saturated carbocycles. The average molecular weight is 698 g/mol. The van der Waals surface area contributed by atoms with E-state index in [2.05, 4.69) is 15.0 Å². The van der Waals surface area contributed by atoms with E-state index in [1.54, 1.807) is 36.4 Å². The first-order valence-corrected chi connectivity index (χ1v) is 13.0. The third-order valence-electron chi connectivity index (χ3n) is 4.04. The van der Waals surface area contributed by atoms with Gasteiger partial charge in [-0.3, -0.25) is 4.90 Å². The summed E-state index contributed by atoms with van der Waals surface area (Å²) in [7, 11) is -12.2. The van der Waals surface area contributed by atoms with Crippen molar-refractivity contribution in [3.8, 4) is 0 Å². The van der Waals surface area contributed by atoms with E-state index in [1.165, 1.54) is 18.2 Å². The average Bonchev–Trinajstić information content (AvgIpc) is 2.77. The molecule has 10 nitrogen and oxygen atoms in total. The van der Waals surface area contributed by atoms with E-state index >= 15 is 0 Å². The van der Waals surface area contributed by atoms with Crippen molar-refractivity contribution >= 4 is 20.2 Å². The van der Waals surface area contributed by atoms with Crippen molar-refractivity contribution in [2.45, 2.75) is 30.7 Å². The van der Waals surface area contributed by atoms with E-state index in [0.29, 0.717) is 17.1 Å². The van der Waals surface area contributed by atoms with E-state index in [1.807, 2.05) is 4.90 Å². The summed E-state index contributed by atoms with van der Waals surface area (Å²) < 4.78 is 158. The van der Waals surface area contributed by atoms with Crippen molar-refractivity contribution in [2.24, 2.45) is 0 Å². The molecule has 234 valence electrons. The zero-order valence-corrected chi connectivity index (χ0v) is 22.9. The fourth-order valence-electron chi connectivity index (χ4n) is 2.47. The molecule has 3 heterocycles. The van der Waals surface area contributed by atoms with Crippen molar-refractivity contribution in [1.29, 1.82) is 0 Å². The first-order valence-electron chi connectivity index (χ1n) is 10.2. The Hall–Kier alpha value is -2.88. The monoisotopic (exact) mass is 698 g/mol. The van der Waals surface area contributed by atoms with Crippen LogP contribution in [0.25, 0.3) is 0 Å². The van der Waals surface area contributed by atoms with Crippen LogP contribution in [-0.2, 0) is 56.9 Å². The van der Waals surface area contributed by atoms with Crippen LogP contribution >= 0.6 is 0 Å². The minimum atomic E-state index is -6.09. The number of aromatic nitrogens is 3. The fraction of sp³-hybridized carbons (Fsp3) is 0.250. The van der Waals surface area contributed by atoms with E-state index in [-0.39, 0.29) is 36.7 Å². The first-order chi connectivity index (χ1) is 18.6. The molecule has 0 bridgehead atoms. The SMILES string of the molecule is Fc1cccc(CN(Cc2cccc(F)n2)Cc2cccc(F)n2)n1.O=S(=O)([O-])C(F)(F)F.O=S(=O)([O-])C(F)(F)F.[Fe+2]. The van der Waals surface area contributed by atoms with E-state index in [4.69, 9.17) is 25.9 Å². The van der Waals surface area contributed by atoms with Gasteiger partial charge in [-0.2, -0.15) is 39.5 Å². The number of pyridine rings is 3. The molecule has 0 saturated heterocycles. The summed E-state index contributed by atoms with van der Waals surface area (Å²) in [4.78, 5) is 13.3. The van der Waals surface area contributed by atoms with Gasteiger partial charge in [0.15, 0.2) is 20.2 Å². The quantitative estimate of drug-likeness (QED) is 0.123. The van der Waals surface area contributed by atoms with Gasteiger partial charge in [0, 0.05) is 19.6 Å². The number of nitrogens with zero attached hydrogens (tertiary/aromatic N) is 4. The molecule has 0 aromatic carbocycles. The van der Waals surface area contributed by atoms with Crippen LogP contribution in [0.5, 0.6) is 0 Å². The molecule has 0 unspecified atom stereocenters. The minimum Gasteiger partial charge on any atom is -0.741 e. The maximum Gasteiger partial charge on any atom is 2.00 e. The Bertz CT molecular complexity index is 1360. The summed E-state index contributed by atoms with van der Waals surface area (Å²) >= 11 is 0. The van der Waals surface area contributed by atoms with Crippen molar-refractivity contribution in [3.63, 3.8) is 0 Å². The Balaban J connectivity index is 0.000000820. The van der Waals surface area contributed by atoms with Gasteiger partial charge in [-0.15, -0.1) is 0 Å². The molecule has 0 aliphatic heterocycles. The molecule has 0 aliphatic rings. The summed E-state index contributed by atoms with van der Waals surface area (Å²) in [6, 6.07) is 13.5. The van der Waals surface area contributed by atoms with Gasteiger partial charge < -0.3 is 9.11 Å². The summed E-state index contributed by atoms with van der Waals surface area (Å²) in [5, 5.41) is 0. The molecule has 0 spiro atoms. The summed E-state index contributed by atoms with van der Waals surface area (Å²) in [5.41, 5.74) is -9.77. The van der Waals surface area contributed by atoms with Crippen LogP contribution in [-0.4, -0.2) is 56.8 Å². The van der Waals surface area contributed by atoms with Crippen LogP contribution < -0.4 is 0 Å². The topological polar surface area (TPSA) is 156 Å². The van der Waals surface area contributed by atoms with Crippen molar-refractivity contribution in [2.75, 3.05) is 0 Å². The third kappa shape index (κ3) is 14.8. The zero-order valence-electron chi connectivity index (χ0n) is 20.1. The van der Waals surface area contributed by atoms with Gasteiger partial charge in [0.05, 0.1) is 17.1 Å². The van der Waals surface area contributed by atoms with Crippen LogP contribution in [0, 0.1) is 17.8 Å². The molecule has 3 rings (SSSR count). The van der Waals surface area contributed by atoms with Gasteiger partial charge in [0.2, 0.25) is 17.8 Å². The van der Waals surface area contributed by atoms with Gasteiger partial charge in [-0.05, 0) is 36.4 Å². The Labute approximate surface area is 242 Å².